The van der Waals surface area contributed by atoms with E-state index < -0.39 is 56.2 Å². The van der Waals surface area contributed by atoms with Gasteiger partial charge in [0.1, 0.15) is 5.69 Å². The molecule has 12 heteroatoms. The number of benzene rings is 1. The summed E-state index contributed by atoms with van der Waals surface area (Å²) in [6.07, 6.45) is -0.814. The van der Waals surface area contributed by atoms with Crippen molar-refractivity contribution >= 4 is 20.5 Å². The van der Waals surface area contributed by atoms with Crippen molar-refractivity contribution in [2.75, 3.05) is 11.4 Å². The molecule has 0 aromatic heterocycles. The zero-order chi connectivity index (χ0) is 24.1. The van der Waals surface area contributed by atoms with Gasteiger partial charge < -0.3 is 19.0 Å². The second kappa shape index (κ2) is 11.2. The van der Waals surface area contributed by atoms with Crippen LogP contribution in [0.5, 0.6) is 0 Å². The van der Waals surface area contributed by atoms with Gasteiger partial charge in [-0.2, -0.15) is 0 Å². The van der Waals surface area contributed by atoms with Crippen molar-refractivity contribution in [1.29, 1.82) is 0 Å². The Morgan fingerprint density at radius 1 is 0.806 bits per heavy atom. The molecule has 0 saturated heterocycles. The van der Waals surface area contributed by atoms with Crippen LogP contribution in [0, 0.1) is 29.1 Å². The first-order valence-electron chi connectivity index (χ1n) is 9.84. The molecule has 0 radical (unpaired) electrons. The van der Waals surface area contributed by atoms with Gasteiger partial charge in [-0.25, -0.2) is 26.7 Å². The van der Waals surface area contributed by atoms with Crippen LogP contribution in [0.25, 0.3) is 0 Å². The van der Waals surface area contributed by atoms with Crippen LogP contribution in [0.2, 0.25) is 6.04 Å². The van der Waals surface area contributed by atoms with Gasteiger partial charge in [-0.3, -0.25) is 4.90 Å². The summed E-state index contributed by atoms with van der Waals surface area (Å²) < 4.78 is 86.6. The average molecular weight is 473 g/mol. The lowest BCUT2D eigenvalue weighted by atomic mass is 10.2. The molecule has 2 amide bonds. The number of hydrogen-bond donors (Lipinski definition) is 1. The molecule has 0 aliphatic rings. The van der Waals surface area contributed by atoms with E-state index in [0.717, 1.165) is 0 Å². The van der Waals surface area contributed by atoms with Crippen molar-refractivity contribution in [3.05, 3.63) is 29.1 Å². The Bertz CT molecular complexity index is 725. The number of rotatable bonds is 11. The van der Waals surface area contributed by atoms with Gasteiger partial charge in [0.05, 0.1) is 0 Å². The number of halogens is 5. The van der Waals surface area contributed by atoms with Crippen LogP contribution in [0.4, 0.5) is 32.4 Å². The molecule has 0 bridgehead atoms. The molecule has 0 fully saturated rings. The Morgan fingerprint density at radius 3 is 1.48 bits per heavy atom. The van der Waals surface area contributed by atoms with Crippen LogP contribution in [0.3, 0.4) is 0 Å². The number of urea groups is 1. The average Bonchev–Trinajstić information content (AvgIpc) is 2.61. The minimum atomic E-state index is -3.32. The molecule has 0 saturated carbocycles. The van der Waals surface area contributed by atoms with Crippen molar-refractivity contribution in [2.24, 2.45) is 5.73 Å². The first kappa shape index (κ1) is 27.3. The van der Waals surface area contributed by atoms with E-state index in [9.17, 15) is 26.7 Å². The van der Waals surface area contributed by atoms with Gasteiger partial charge in [0.2, 0.25) is 5.82 Å². The molecule has 0 heterocycles. The molecule has 6 nitrogen and oxygen atoms in total. The van der Waals surface area contributed by atoms with E-state index in [1.807, 2.05) is 0 Å². The second-order valence-electron chi connectivity index (χ2n) is 7.69. The van der Waals surface area contributed by atoms with Crippen molar-refractivity contribution in [3.63, 3.8) is 0 Å². The Labute approximate surface area is 179 Å². The van der Waals surface area contributed by atoms with Crippen LogP contribution in [-0.2, 0) is 13.3 Å². The van der Waals surface area contributed by atoms with E-state index in [-0.39, 0.29) is 30.8 Å². The molecule has 0 unspecified atom stereocenters. The number of nitrogens with two attached hydrogens (primary N) is 1. The summed E-state index contributed by atoms with van der Waals surface area (Å²) >= 11 is 0. The minimum Gasteiger partial charge on any atom is -0.371 e. The fourth-order valence-corrected chi connectivity index (χ4v) is 6.22. The van der Waals surface area contributed by atoms with E-state index >= 15 is 0 Å². The van der Waals surface area contributed by atoms with Crippen molar-refractivity contribution in [2.45, 2.75) is 72.3 Å². The minimum absolute atomic E-state index is 0.000810. The van der Waals surface area contributed by atoms with Crippen LogP contribution >= 0.6 is 0 Å². The van der Waals surface area contributed by atoms with Crippen LogP contribution in [-0.4, -0.2) is 39.7 Å². The first-order valence-corrected chi connectivity index (χ1v) is 11.8. The van der Waals surface area contributed by atoms with Gasteiger partial charge in [-0.05, 0) is 48.0 Å². The van der Waals surface area contributed by atoms with Gasteiger partial charge in [0.25, 0.3) is 0 Å². The number of carbonyl (C=O) groups excluding carboxylic acids is 1. The van der Waals surface area contributed by atoms with E-state index in [1.54, 1.807) is 41.5 Å². The number of primary amides is 1. The van der Waals surface area contributed by atoms with Crippen molar-refractivity contribution < 1.29 is 40.0 Å². The summed E-state index contributed by atoms with van der Waals surface area (Å²) in [5, 5.41) is 0. The summed E-state index contributed by atoms with van der Waals surface area (Å²) in [5.41, 5.74) is 3.76. The summed E-state index contributed by atoms with van der Waals surface area (Å²) in [7, 11) is -3.32. The van der Waals surface area contributed by atoms with Gasteiger partial charge in [0.15, 0.2) is 23.3 Å². The maximum Gasteiger partial charge on any atom is 0.501 e. The Hall–Kier alpha value is -1.76. The standard InChI is InChI=1S/C19H29F5N2O4Si/c1-10(2)28-31(29-11(3)4,30-12(5)6)9-7-8-26(19(25)27)18-16(23)14(21)13(20)15(22)17(18)24/h10-12H,7-9H2,1-6H3,(H2,25,27). The fraction of sp³-hybridized carbons (Fsp3) is 0.632. The Morgan fingerprint density at radius 2 is 1.16 bits per heavy atom. The number of carbonyl (C=O) groups is 1. The lowest BCUT2D eigenvalue weighted by molar-refractivity contribution is 0.00299. The molecular formula is C19H29F5N2O4Si. The van der Waals surface area contributed by atoms with E-state index in [4.69, 9.17) is 19.0 Å². The summed E-state index contributed by atoms with van der Waals surface area (Å²) in [5.74, 6) is -10.9. The molecule has 2 N–H and O–H groups in total. The largest absolute Gasteiger partial charge is 0.501 e. The molecule has 31 heavy (non-hydrogen) atoms. The third-order valence-electron chi connectivity index (χ3n) is 3.83. The van der Waals surface area contributed by atoms with Gasteiger partial charge >= 0.3 is 14.8 Å². The van der Waals surface area contributed by atoms with Gasteiger partial charge in [0, 0.05) is 30.9 Å². The molecule has 0 spiro atoms. The van der Waals surface area contributed by atoms with Crippen molar-refractivity contribution in [3.8, 4) is 0 Å². The maximum atomic E-state index is 14.2. The molecule has 1 aromatic carbocycles. The fourth-order valence-electron chi connectivity index (χ4n) is 2.95. The number of amides is 2. The normalized spacial score (nSPS) is 12.3. The molecular weight excluding hydrogens is 443 g/mol. The predicted molar refractivity (Wildman–Crippen MR) is 107 cm³/mol. The van der Waals surface area contributed by atoms with E-state index in [2.05, 4.69) is 0 Å². The number of hydrogen-bond acceptors (Lipinski definition) is 4. The SMILES string of the molecule is CC(C)O[Si](CCCN(C(N)=O)c1c(F)c(F)c(F)c(F)c1F)(OC(C)C)OC(C)C. The zero-order valence-electron chi connectivity index (χ0n) is 18.4. The highest BCUT2D eigenvalue weighted by molar-refractivity contribution is 6.60. The van der Waals surface area contributed by atoms with Gasteiger partial charge in [-0.15, -0.1) is 0 Å². The lowest BCUT2D eigenvalue weighted by Crippen LogP contribution is -2.51. The molecule has 0 aliphatic carbocycles. The molecule has 178 valence electrons. The van der Waals surface area contributed by atoms with Crippen molar-refractivity contribution in [1.82, 2.24) is 0 Å². The Kier molecular flexibility index (Phi) is 9.86. The molecule has 0 atom stereocenters. The highest BCUT2D eigenvalue weighted by atomic mass is 28.4. The summed E-state index contributed by atoms with van der Waals surface area (Å²) in [4.78, 5) is 12.1. The zero-order valence-corrected chi connectivity index (χ0v) is 19.4. The van der Waals surface area contributed by atoms with Crippen LogP contribution < -0.4 is 10.6 Å². The third kappa shape index (κ3) is 7.12. The lowest BCUT2D eigenvalue weighted by Gasteiger charge is -2.35. The molecule has 0 aliphatic heterocycles. The topological polar surface area (TPSA) is 74.0 Å². The highest BCUT2D eigenvalue weighted by Crippen LogP contribution is 2.31. The third-order valence-corrected chi connectivity index (χ3v) is 7.29. The highest BCUT2D eigenvalue weighted by Gasteiger charge is 2.44. The summed E-state index contributed by atoms with van der Waals surface area (Å²) in [6, 6.07) is -1.27. The maximum absolute atomic E-state index is 14.2. The van der Waals surface area contributed by atoms with E-state index in [1.165, 1.54) is 0 Å². The van der Waals surface area contributed by atoms with Crippen LogP contribution in [0.15, 0.2) is 0 Å². The molecule has 1 rings (SSSR count). The number of anilines is 1. The first-order chi connectivity index (χ1) is 14.2. The predicted octanol–water partition coefficient (Wildman–Crippen LogP) is 4.87. The smallest absolute Gasteiger partial charge is 0.371 e. The van der Waals surface area contributed by atoms with E-state index in [0.29, 0.717) is 4.90 Å². The number of nitrogens with zero attached hydrogens (tertiary/aromatic N) is 1. The quantitative estimate of drug-likeness (QED) is 0.216. The molecule has 1 aromatic rings. The van der Waals surface area contributed by atoms with Gasteiger partial charge in [-0.1, -0.05) is 0 Å². The monoisotopic (exact) mass is 472 g/mol. The Balaban J connectivity index is 3.22. The summed E-state index contributed by atoms with van der Waals surface area (Å²) in [6.45, 7) is 10.2. The van der Waals surface area contributed by atoms with Crippen LogP contribution in [0.1, 0.15) is 48.0 Å². The second-order valence-corrected chi connectivity index (χ2v) is 10.3.